The van der Waals surface area contributed by atoms with Crippen molar-refractivity contribution in [3.05, 3.63) is 0 Å². The van der Waals surface area contributed by atoms with Crippen molar-refractivity contribution in [2.75, 3.05) is 14.2 Å². The van der Waals surface area contributed by atoms with Gasteiger partial charge in [0.05, 0.1) is 0 Å². The van der Waals surface area contributed by atoms with Crippen molar-refractivity contribution < 1.29 is 13.9 Å². The standard InChI is InChI=1S/C8H18O3Si/c1-9-8(10-2)12-11-7-5-3-4-6-7/h7-8H,3-6,12H2,1-2H3. The fourth-order valence-electron chi connectivity index (χ4n) is 1.50. The zero-order valence-electron chi connectivity index (χ0n) is 7.91. The van der Waals surface area contributed by atoms with Crippen molar-refractivity contribution in [1.82, 2.24) is 0 Å². The van der Waals surface area contributed by atoms with Gasteiger partial charge in [0.1, 0.15) is 0 Å². The molecule has 4 heteroatoms. The summed E-state index contributed by atoms with van der Waals surface area (Å²) in [6.07, 6.45) is 5.61. The Bertz CT molecular complexity index is 109. The van der Waals surface area contributed by atoms with Gasteiger partial charge in [-0.1, -0.05) is 12.8 Å². The SMILES string of the molecule is COC(OC)[SiH2]OC1CCCC1. The normalized spacial score (nSPS) is 20.2. The lowest BCUT2D eigenvalue weighted by molar-refractivity contribution is -0.0551. The third-order valence-electron chi connectivity index (χ3n) is 2.30. The largest absolute Gasteiger partial charge is 0.415 e. The summed E-state index contributed by atoms with van der Waals surface area (Å²) in [5.41, 5.74) is 0. The van der Waals surface area contributed by atoms with Crippen molar-refractivity contribution in [1.29, 1.82) is 0 Å². The maximum absolute atomic E-state index is 5.74. The molecule has 12 heavy (non-hydrogen) atoms. The van der Waals surface area contributed by atoms with Crippen LogP contribution in [0.4, 0.5) is 0 Å². The van der Waals surface area contributed by atoms with Crippen LogP contribution in [-0.2, 0) is 13.9 Å². The van der Waals surface area contributed by atoms with Crippen LogP contribution in [0.5, 0.6) is 0 Å². The van der Waals surface area contributed by atoms with Gasteiger partial charge in [-0.25, -0.2) is 0 Å². The van der Waals surface area contributed by atoms with Crippen LogP contribution in [0.15, 0.2) is 0 Å². The molecule has 1 aliphatic carbocycles. The topological polar surface area (TPSA) is 27.7 Å². The Labute approximate surface area is 76.3 Å². The van der Waals surface area contributed by atoms with E-state index < -0.39 is 9.76 Å². The Hall–Kier alpha value is 0.0969. The molecule has 0 atom stereocenters. The van der Waals surface area contributed by atoms with Crippen LogP contribution in [0.2, 0.25) is 0 Å². The van der Waals surface area contributed by atoms with E-state index in [1.807, 2.05) is 0 Å². The highest BCUT2D eigenvalue weighted by molar-refractivity contribution is 6.28. The molecule has 0 aromatic heterocycles. The molecule has 0 aliphatic heterocycles. The number of methoxy groups -OCH3 is 2. The lowest BCUT2D eigenvalue weighted by Gasteiger charge is -2.16. The molecule has 0 amide bonds. The Morgan fingerprint density at radius 2 is 1.75 bits per heavy atom. The Morgan fingerprint density at radius 3 is 2.25 bits per heavy atom. The molecule has 1 saturated carbocycles. The van der Waals surface area contributed by atoms with E-state index in [4.69, 9.17) is 13.9 Å². The molecule has 1 fully saturated rings. The van der Waals surface area contributed by atoms with Crippen LogP contribution in [0.3, 0.4) is 0 Å². The second-order valence-corrected chi connectivity index (χ2v) is 4.47. The zero-order chi connectivity index (χ0) is 8.81. The van der Waals surface area contributed by atoms with E-state index >= 15 is 0 Å². The van der Waals surface area contributed by atoms with Gasteiger partial charge >= 0.3 is 0 Å². The van der Waals surface area contributed by atoms with Gasteiger partial charge in [0.25, 0.3) is 0 Å². The molecule has 1 aliphatic rings. The summed E-state index contributed by atoms with van der Waals surface area (Å²) in [7, 11) is 2.68. The summed E-state index contributed by atoms with van der Waals surface area (Å²) in [5.74, 6) is -0.0643. The van der Waals surface area contributed by atoms with Gasteiger partial charge in [0, 0.05) is 20.3 Å². The lowest BCUT2D eigenvalue weighted by Crippen LogP contribution is -2.27. The van der Waals surface area contributed by atoms with E-state index in [0.717, 1.165) is 0 Å². The molecule has 0 bridgehead atoms. The highest BCUT2D eigenvalue weighted by Crippen LogP contribution is 2.20. The summed E-state index contributed by atoms with van der Waals surface area (Å²) in [5, 5.41) is 0. The van der Waals surface area contributed by atoms with Crippen molar-refractivity contribution in [2.45, 2.75) is 37.7 Å². The summed E-state index contributed by atoms with van der Waals surface area (Å²) in [6, 6.07) is 0. The van der Waals surface area contributed by atoms with Gasteiger partial charge in [-0.3, -0.25) is 0 Å². The van der Waals surface area contributed by atoms with Gasteiger partial charge in [-0.2, -0.15) is 0 Å². The lowest BCUT2D eigenvalue weighted by atomic mass is 10.3. The summed E-state index contributed by atoms with van der Waals surface area (Å²) < 4.78 is 15.9. The predicted octanol–water partition coefficient (Wildman–Crippen LogP) is 0.606. The highest BCUT2D eigenvalue weighted by atomic mass is 28.2. The van der Waals surface area contributed by atoms with Gasteiger partial charge in [0.2, 0.25) is 9.76 Å². The van der Waals surface area contributed by atoms with Crippen LogP contribution >= 0.6 is 0 Å². The van der Waals surface area contributed by atoms with E-state index in [0.29, 0.717) is 6.10 Å². The molecular weight excluding hydrogens is 172 g/mol. The Kier molecular flexibility index (Phi) is 4.83. The van der Waals surface area contributed by atoms with E-state index in [1.54, 1.807) is 14.2 Å². The van der Waals surface area contributed by atoms with E-state index in [9.17, 15) is 0 Å². The van der Waals surface area contributed by atoms with Gasteiger partial charge in [-0.15, -0.1) is 0 Å². The first-order valence-electron chi connectivity index (χ1n) is 4.54. The van der Waals surface area contributed by atoms with Crippen molar-refractivity contribution in [2.24, 2.45) is 0 Å². The van der Waals surface area contributed by atoms with Crippen LogP contribution in [0, 0.1) is 0 Å². The van der Waals surface area contributed by atoms with E-state index in [1.165, 1.54) is 25.7 Å². The molecule has 0 aromatic rings. The Morgan fingerprint density at radius 1 is 1.17 bits per heavy atom. The molecular formula is C8H18O3Si. The fraction of sp³-hybridized carbons (Fsp3) is 1.00. The van der Waals surface area contributed by atoms with Crippen LogP contribution < -0.4 is 0 Å². The molecule has 0 aromatic carbocycles. The minimum atomic E-state index is -0.649. The molecule has 0 heterocycles. The molecule has 0 spiro atoms. The molecule has 0 radical (unpaired) electrons. The average molecular weight is 190 g/mol. The molecule has 0 unspecified atom stereocenters. The first-order chi connectivity index (χ1) is 5.86. The van der Waals surface area contributed by atoms with Crippen LogP contribution in [-0.4, -0.2) is 36.0 Å². The van der Waals surface area contributed by atoms with Gasteiger partial charge in [-0.05, 0) is 12.8 Å². The fourth-order valence-corrected chi connectivity index (χ4v) is 2.54. The monoisotopic (exact) mass is 190 g/mol. The third-order valence-corrected chi connectivity index (χ3v) is 3.90. The molecule has 0 saturated heterocycles. The van der Waals surface area contributed by atoms with Gasteiger partial charge in [0.15, 0.2) is 5.91 Å². The smallest absolute Gasteiger partial charge is 0.224 e. The number of rotatable bonds is 5. The van der Waals surface area contributed by atoms with Crippen LogP contribution in [0.1, 0.15) is 25.7 Å². The maximum Gasteiger partial charge on any atom is 0.224 e. The summed E-state index contributed by atoms with van der Waals surface area (Å²) in [4.78, 5) is 0. The van der Waals surface area contributed by atoms with Crippen molar-refractivity contribution in [3.63, 3.8) is 0 Å². The third kappa shape index (κ3) is 3.22. The second-order valence-electron chi connectivity index (χ2n) is 3.14. The first-order valence-corrected chi connectivity index (χ1v) is 5.93. The van der Waals surface area contributed by atoms with Crippen LogP contribution in [0.25, 0.3) is 0 Å². The van der Waals surface area contributed by atoms with E-state index in [2.05, 4.69) is 0 Å². The zero-order valence-corrected chi connectivity index (χ0v) is 9.33. The van der Waals surface area contributed by atoms with Crippen molar-refractivity contribution >= 4 is 9.76 Å². The first kappa shape index (κ1) is 10.2. The highest BCUT2D eigenvalue weighted by Gasteiger charge is 2.17. The van der Waals surface area contributed by atoms with Gasteiger partial charge < -0.3 is 13.9 Å². The van der Waals surface area contributed by atoms with E-state index in [-0.39, 0.29) is 5.91 Å². The minimum absolute atomic E-state index is 0.0643. The number of hydrogen-bond acceptors (Lipinski definition) is 3. The molecule has 72 valence electrons. The average Bonchev–Trinajstić information content (AvgIpc) is 2.59. The summed E-state index contributed by atoms with van der Waals surface area (Å²) >= 11 is 0. The summed E-state index contributed by atoms with van der Waals surface area (Å²) in [6.45, 7) is 0. The Balaban J connectivity index is 2.06. The second kappa shape index (κ2) is 5.69. The minimum Gasteiger partial charge on any atom is -0.415 e. The van der Waals surface area contributed by atoms with Crippen molar-refractivity contribution in [3.8, 4) is 0 Å². The number of hydrogen-bond donors (Lipinski definition) is 0. The molecule has 1 rings (SSSR count). The maximum atomic E-state index is 5.74. The molecule has 0 N–H and O–H groups in total. The number of ether oxygens (including phenoxy) is 2. The quantitative estimate of drug-likeness (QED) is 0.469. The predicted molar refractivity (Wildman–Crippen MR) is 49.7 cm³/mol. The molecule has 3 nitrogen and oxygen atoms in total.